The molecule has 2 aromatic heterocycles. The number of aromatic nitrogens is 2. The highest BCUT2D eigenvalue weighted by Gasteiger charge is 2.48. The van der Waals surface area contributed by atoms with Crippen molar-refractivity contribution in [2.24, 2.45) is 0 Å². The standard InChI is InChI=1S/C41H26N2S2/c1-2-11-27(12-3-1)35-16-10-17-36(43-35)29-21-23-33-40(26-29)45-39-25-28(34-15-8-9-24-42-34)20-22-32(39)41(33)30-13-4-6-18-37(30)44-38-19-7-5-14-31(38)41/h1-26H. The first-order valence-electron chi connectivity index (χ1n) is 15.1. The molecule has 0 amide bonds. The molecule has 5 aromatic carbocycles. The second-order valence-electron chi connectivity index (χ2n) is 11.4. The molecular formula is C41H26N2S2. The van der Waals surface area contributed by atoms with Crippen LogP contribution in [0.3, 0.4) is 0 Å². The Morgan fingerprint density at radius 3 is 1.53 bits per heavy atom. The molecule has 0 fully saturated rings. The lowest BCUT2D eigenvalue weighted by Crippen LogP contribution is -2.36. The summed E-state index contributed by atoms with van der Waals surface area (Å²) in [6.07, 6.45) is 1.87. The van der Waals surface area contributed by atoms with Gasteiger partial charge in [-0.05, 0) is 70.8 Å². The predicted octanol–water partition coefficient (Wildman–Crippen LogP) is 10.8. The van der Waals surface area contributed by atoms with Crippen LogP contribution in [0.2, 0.25) is 0 Å². The molecule has 2 aliphatic heterocycles. The summed E-state index contributed by atoms with van der Waals surface area (Å²) in [7, 11) is 0. The van der Waals surface area contributed by atoms with Crippen LogP contribution in [0, 0.1) is 0 Å². The van der Waals surface area contributed by atoms with E-state index in [9.17, 15) is 0 Å². The number of nitrogens with zero attached hydrogens (tertiary/aromatic N) is 2. The molecule has 0 saturated heterocycles. The molecule has 212 valence electrons. The minimum absolute atomic E-state index is 0.450. The van der Waals surface area contributed by atoms with Crippen LogP contribution in [-0.2, 0) is 5.41 Å². The summed E-state index contributed by atoms with van der Waals surface area (Å²) >= 11 is 3.73. The SMILES string of the molecule is c1ccc(-c2cccc(-c3ccc4c(c3)Sc3cc(-c5ccccn5)ccc3C43c4ccccc4Sc4ccccc43)n2)cc1. The van der Waals surface area contributed by atoms with E-state index in [1.54, 1.807) is 0 Å². The number of rotatable bonds is 3. The molecule has 9 rings (SSSR count). The van der Waals surface area contributed by atoms with Gasteiger partial charge in [-0.25, -0.2) is 4.98 Å². The summed E-state index contributed by atoms with van der Waals surface area (Å²) in [5, 5.41) is 0. The van der Waals surface area contributed by atoms with Crippen LogP contribution in [0.15, 0.2) is 177 Å². The quantitative estimate of drug-likeness (QED) is 0.199. The third-order valence-electron chi connectivity index (χ3n) is 8.87. The van der Waals surface area contributed by atoms with Crippen molar-refractivity contribution >= 4 is 23.5 Å². The molecule has 0 bridgehead atoms. The first kappa shape index (κ1) is 26.5. The lowest BCUT2D eigenvalue weighted by Gasteiger charge is -2.45. The Balaban J connectivity index is 1.30. The van der Waals surface area contributed by atoms with E-state index >= 15 is 0 Å². The molecule has 45 heavy (non-hydrogen) atoms. The largest absolute Gasteiger partial charge is 0.256 e. The number of hydrogen-bond donors (Lipinski definition) is 0. The van der Waals surface area contributed by atoms with Gasteiger partial charge in [-0.2, -0.15) is 0 Å². The van der Waals surface area contributed by atoms with Gasteiger partial charge < -0.3 is 0 Å². The number of benzene rings is 5. The summed E-state index contributed by atoms with van der Waals surface area (Å²) in [5.74, 6) is 0. The maximum atomic E-state index is 5.12. The van der Waals surface area contributed by atoms with E-state index in [1.165, 1.54) is 41.8 Å². The van der Waals surface area contributed by atoms with E-state index in [2.05, 4.69) is 145 Å². The van der Waals surface area contributed by atoms with Gasteiger partial charge in [-0.15, -0.1) is 0 Å². The maximum absolute atomic E-state index is 5.12. The zero-order chi connectivity index (χ0) is 29.8. The van der Waals surface area contributed by atoms with Crippen molar-refractivity contribution in [1.29, 1.82) is 0 Å². The maximum Gasteiger partial charge on any atom is 0.0745 e. The zero-order valence-corrected chi connectivity index (χ0v) is 25.9. The third kappa shape index (κ3) is 4.21. The highest BCUT2D eigenvalue weighted by atomic mass is 32.2. The summed E-state index contributed by atoms with van der Waals surface area (Å²) < 4.78 is 0. The van der Waals surface area contributed by atoms with Crippen LogP contribution >= 0.6 is 23.5 Å². The van der Waals surface area contributed by atoms with E-state index in [1.807, 2.05) is 41.9 Å². The topological polar surface area (TPSA) is 25.8 Å². The second-order valence-corrected chi connectivity index (χ2v) is 13.5. The molecule has 4 heteroatoms. The summed E-state index contributed by atoms with van der Waals surface area (Å²) in [4.78, 5) is 14.9. The zero-order valence-electron chi connectivity index (χ0n) is 24.2. The fraction of sp³-hybridized carbons (Fsp3) is 0.0244. The molecule has 1 spiro atoms. The van der Waals surface area contributed by atoms with Crippen molar-refractivity contribution in [3.8, 4) is 33.8 Å². The van der Waals surface area contributed by atoms with Crippen LogP contribution in [0.5, 0.6) is 0 Å². The summed E-state index contributed by atoms with van der Waals surface area (Å²) in [6.45, 7) is 0. The van der Waals surface area contributed by atoms with E-state index in [0.717, 1.165) is 33.8 Å². The Labute approximate surface area is 271 Å². The third-order valence-corrected chi connectivity index (χ3v) is 11.1. The fourth-order valence-electron chi connectivity index (χ4n) is 6.89. The van der Waals surface area contributed by atoms with Crippen molar-refractivity contribution in [3.05, 3.63) is 180 Å². The molecule has 0 saturated carbocycles. The average Bonchev–Trinajstić information content (AvgIpc) is 3.12. The first-order chi connectivity index (χ1) is 22.3. The van der Waals surface area contributed by atoms with Gasteiger partial charge in [0.05, 0.1) is 22.5 Å². The van der Waals surface area contributed by atoms with Gasteiger partial charge in [0.2, 0.25) is 0 Å². The molecule has 0 atom stereocenters. The number of hydrogen-bond acceptors (Lipinski definition) is 4. The molecule has 2 nitrogen and oxygen atoms in total. The fourth-order valence-corrected chi connectivity index (χ4v) is 9.35. The Bertz CT molecular complexity index is 2180. The van der Waals surface area contributed by atoms with E-state index in [-0.39, 0.29) is 0 Å². The molecular weight excluding hydrogens is 585 g/mol. The van der Waals surface area contributed by atoms with Crippen molar-refractivity contribution in [1.82, 2.24) is 9.97 Å². The minimum atomic E-state index is -0.450. The summed E-state index contributed by atoms with van der Waals surface area (Å²) in [6, 6.07) is 54.6. The van der Waals surface area contributed by atoms with Gasteiger partial charge in [0.25, 0.3) is 0 Å². The normalized spacial score (nSPS) is 13.8. The van der Waals surface area contributed by atoms with E-state index < -0.39 is 5.41 Å². The molecule has 0 unspecified atom stereocenters. The Hall–Kier alpha value is -4.90. The number of pyridine rings is 2. The Kier molecular flexibility index (Phi) is 6.25. The average molecular weight is 611 g/mol. The monoisotopic (exact) mass is 610 g/mol. The van der Waals surface area contributed by atoms with Gasteiger partial charge in [0.15, 0.2) is 0 Å². The first-order valence-corrected chi connectivity index (χ1v) is 16.7. The molecule has 0 radical (unpaired) electrons. The van der Waals surface area contributed by atoms with Gasteiger partial charge in [-0.1, -0.05) is 127 Å². The second kappa shape index (κ2) is 10.6. The predicted molar refractivity (Wildman–Crippen MR) is 185 cm³/mol. The Morgan fingerprint density at radius 2 is 0.889 bits per heavy atom. The molecule has 0 N–H and O–H groups in total. The van der Waals surface area contributed by atoms with Gasteiger partial charge in [-0.3, -0.25) is 4.98 Å². The van der Waals surface area contributed by atoms with Crippen LogP contribution in [-0.4, -0.2) is 9.97 Å². The molecule has 7 aromatic rings. The van der Waals surface area contributed by atoms with Gasteiger partial charge in [0, 0.05) is 42.5 Å². The highest BCUT2D eigenvalue weighted by molar-refractivity contribution is 8.00. The molecule has 4 heterocycles. The van der Waals surface area contributed by atoms with Crippen LogP contribution in [0.1, 0.15) is 22.3 Å². The molecule has 0 aliphatic carbocycles. The molecule has 2 aliphatic rings. The van der Waals surface area contributed by atoms with Gasteiger partial charge in [0.1, 0.15) is 0 Å². The van der Waals surface area contributed by atoms with E-state index in [4.69, 9.17) is 4.98 Å². The van der Waals surface area contributed by atoms with Crippen molar-refractivity contribution in [2.75, 3.05) is 0 Å². The van der Waals surface area contributed by atoms with Crippen molar-refractivity contribution in [3.63, 3.8) is 0 Å². The Morgan fingerprint density at radius 1 is 0.378 bits per heavy atom. The van der Waals surface area contributed by atoms with Crippen LogP contribution in [0.25, 0.3) is 33.8 Å². The van der Waals surface area contributed by atoms with Crippen molar-refractivity contribution < 1.29 is 0 Å². The number of fused-ring (bicyclic) bond motifs is 8. The van der Waals surface area contributed by atoms with E-state index in [0.29, 0.717) is 0 Å². The van der Waals surface area contributed by atoms with Gasteiger partial charge >= 0.3 is 0 Å². The lowest BCUT2D eigenvalue weighted by atomic mass is 9.64. The summed E-state index contributed by atoms with van der Waals surface area (Å²) in [5.41, 5.74) is 11.1. The lowest BCUT2D eigenvalue weighted by molar-refractivity contribution is 0.667. The smallest absolute Gasteiger partial charge is 0.0745 e. The van der Waals surface area contributed by atoms with Crippen molar-refractivity contribution in [2.45, 2.75) is 25.0 Å². The van der Waals surface area contributed by atoms with Crippen LogP contribution < -0.4 is 0 Å². The highest BCUT2D eigenvalue weighted by Crippen LogP contribution is 2.62. The minimum Gasteiger partial charge on any atom is -0.256 e. The van der Waals surface area contributed by atoms with Crippen LogP contribution in [0.4, 0.5) is 0 Å².